The standard InChI is InChI=1S/C23H39BrO5/c1-5-6-12-23(2,3)21(26)11-10-15-16-13-20(29-19(16)14-18(15)25)17(24)8-7-9-22(27)28-4/h10-11,15-21,25-26H,5-9,12-14H2,1-4H3/b11-10+/t15-,16-,17?,18-,19-,20?,21-/m1/s1. The highest BCUT2D eigenvalue weighted by Gasteiger charge is 2.49. The number of rotatable bonds is 11. The number of halogens is 1. The number of aliphatic hydroxyl groups excluding tert-OH is 2. The highest BCUT2D eigenvalue weighted by Crippen LogP contribution is 2.46. The molecule has 0 amide bonds. The zero-order valence-electron chi connectivity index (χ0n) is 18.4. The first-order valence-corrected chi connectivity index (χ1v) is 12.0. The summed E-state index contributed by atoms with van der Waals surface area (Å²) < 4.78 is 10.9. The van der Waals surface area contributed by atoms with E-state index in [1.807, 2.05) is 12.2 Å². The van der Waals surface area contributed by atoms with E-state index < -0.39 is 12.2 Å². The predicted molar refractivity (Wildman–Crippen MR) is 118 cm³/mol. The van der Waals surface area contributed by atoms with Gasteiger partial charge in [-0.3, -0.25) is 4.79 Å². The van der Waals surface area contributed by atoms with Crippen molar-refractivity contribution in [2.45, 2.75) is 101 Å². The lowest BCUT2D eigenvalue weighted by molar-refractivity contribution is -0.140. The number of carbonyl (C=O) groups excluding carboxylic acids is 1. The molecule has 0 aromatic rings. The van der Waals surface area contributed by atoms with Crippen molar-refractivity contribution in [1.29, 1.82) is 0 Å². The minimum Gasteiger partial charge on any atom is -0.469 e. The monoisotopic (exact) mass is 474 g/mol. The van der Waals surface area contributed by atoms with Crippen molar-refractivity contribution in [3.63, 3.8) is 0 Å². The Balaban J connectivity index is 1.89. The number of ether oxygens (including phenoxy) is 2. The second-order valence-electron chi connectivity index (χ2n) is 9.40. The molecule has 7 atom stereocenters. The van der Waals surface area contributed by atoms with Crippen LogP contribution in [-0.4, -0.2) is 52.5 Å². The molecule has 2 fully saturated rings. The summed E-state index contributed by atoms with van der Waals surface area (Å²) in [7, 11) is 1.41. The predicted octanol–water partition coefficient (Wildman–Crippen LogP) is 4.38. The number of unbranched alkanes of at least 4 members (excludes halogenated alkanes) is 1. The normalized spacial score (nSPS) is 31.8. The molecule has 1 heterocycles. The van der Waals surface area contributed by atoms with E-state index in [0.717, 1.165) is 38.5 Å². The Morgan fingerprint density at radius 3 is 2.72 bits per heavy atom. The Hall–Kier alpha value is -0.430. The summed E-state index contributed by atoms with van der Waals surface area (Å²) in [6, 6.07) is 0. The van der Waals surface area contributed by atoms with Crippen molar-refractivity contribution in [2.75, 3.05) is 7.11 Å². The van der Waals surface area contributed by atoms with Crippen molar-refractivity contribution in [3.8, 4) is 0 Å². The Kier molecular flexibility index (Phi) is 9.65. The van der Waals surface area contributed by atoms with Gasteiger partial charge in [0.25, 0.3) is 0 Å². The average Bonchev–Trinajstić information content (AvgIpc) is 3.21. The number of esters is 1. The van der Waals surface area contributed by atoms with E-state index in [0.29, 0.717) is 12.8 Å². The number of carbonyl (C=O) groups is 1. The number of aliphatic hydroxyl groups is 2. The maximum atomic E-state index is 11.3. The average molecular weight is 475 g/mol. The van der Waals surface area contributed by atoms with E-state index in [1.54, 1.807) is 0 Å². The molecule has 168 valence electrons. The van der Waals surface area contributed by atoms with Gasteiger partial charge in [-0.05, 0) is 37.0 Å². The third kappa shape index (κ3) is 6.78. The number of hydrogen-bond acceptors (Lipinski definition) is 5. The fraction of sp³-hybridized carbons (Fsp3) is 0.870. The van der Waals surface area contributed by atoms with Crippen molar-refractivity contribution < 1.29 is 24.5 Å². The molecule has 29 heavy (non-hydrogen) atoms. The van der Waals surface area contributed by atoms with Crippen LogP contribution < -0.4 is 0 Å². The molecule has 1 aliphatic carbocycles. The zero-order chi connectivity index (χ0) is 21.6. The molecule has 0 bridgehead atoms. The number of fused-ring (bicyclic) bond motifs is 1. The first-order valence-electron chi connectivity index (χ1n) is 11.1. The third-order valence-corrected chi connectivity index (χ3v) is 7.77. The summed E-state index contributed by atoms with van der Waals surface area (Å²) in [6.45, 7) is 6.37. The van der Waals surface area contributed by atoms with Gasteiger partial charge in [0, 0.05) is 23.6 Å². The quantitative estimate of drug-likeness (QED) is 0.264. The highest BCUT2D eigenvalue weighted by molar-refractivity contribution is 9.09. The van der Waals surface area contributed by atoms with Gasteiger partial charge in [-0.15, -0.1) is 0 Å². The van der Waals surface area contributed by atoms with Gasteiger partial charge in [-0.1, -0.05) is 61.7 Å². The Labute approximate surface area is 184 Å². The van der Waals surface area contributed by atoms with Crippen LogP contribution in [-0.2, 0) is 14.3 Å². The van der Waals surface area contributed by atoms with Crippen molar-refractivity contribution in [3.05, 3.63) is 12.2 Å². The summed E-state index contributed by atoms with van der Waals surface area (Å²) in [5.41, 5.74) is -0.162. The third-order valence-electron chi connectivity index (χ3n) is 6.73. The molecule has 1 saturated heterocycles. The van der Waals surface area contributed by atoms with Gasteiger partial charge >= 0.3 is 5.97 Å². The number of methoxy groups -OCH3 is 1. The minimum atomic E-state index is -0.513. The fourth-order valence-electron chi connectivity index (χ4n) is 4.62. The van der Waals surface area contributed by atoms with Crippen molar-refractivity contribution in [2.24, 2.45) is 17.3 Å². The SMILES string of the molecule is CCCCC(C)(C)[C@H](O)/C=C/[C@@H]1[C@H]2CC(C(Br)CCCC(=O)OC)O[C@@H]2C[C@H]1O. The lowest BCUT2D eigenvalue weighted by atomic mass is 9.80. The first kappa shape index (κ1) is 24.8. The molecule has 6 heteroatoms. The molecule has 0 spiro atoms. The van der Waals surface area contributed by atoms with Crippen LogP contribution in [0.5, 0.6) is 0 Å². The lowest BCUT2D eigenvalue weighted by Crippen LogP contribution is -2.28. The van der Waals surface area contributed by atoms with Crippen LogP contribution in [0.2, 0.25) is 0 Å². The van der Waals surface area contributed by atoms with Crippen LogP contribution in [0, 0.1) is 17.3 Å². The molecule has 2 N–H and O–H groups in total. The zero-order valence-corrected chi connectivity index (χ0v) is 19.9. The van der Waals surface area contributed by atoms with Crippen LogP contribution in [0.1, 0.15) is 72.1 Å². The van der Waals surface area contributed by atoms with Crippen LogP contribution in [0.4, 0.5) is 0 Å². The molecule has 2 rings (SSSR count). The summed E-state index contributed by atoms with van der Waals surface area (Å²) in [5.74, 6) is 0.122. The number of hydrogen-bond donors (Lipinski definition) is 2. The molecule has 1 saturated carbocycles. The van der Waals surface area contributed by atoms with E-state index in [-0.39, 0.29) is 40.3 Å². The van der Waals surface area contributed by atoms with Gasteiger partial charge in [0.15, 0.2) is 0 Å². The van der Waals surface area contributed by atoms with E-state index in [4.69, 9.17) is 9.47 Å². The van der Waals surface area contributed by atoms with Gasteiger partial charge in [-0.25, -0.2) is 0 Å². The molecular weight excluding hydrogens is 436 g/mol. The molecule has 2 unspecified atom stereocenters. The summed E-state index contributed by atoms with van der Waals surface area (Å²) >= 11 is 3.73. The van der Waals surface area contributed by atoms with Gasteiger partial charge in [0.1, 0.15) is 0 Å². The molecule has 0 aromatic heterocycles. The van der Waals surface area contributed by atoms with Crippen LogP contribution in [0.3, 0.4) is 0 Å². The maximum Gasteiger partial charge on any atom is 0.305 e. The lowest BCUT2D eigenvalue weighted by Gasteiger charge is -2.29. The summed E-state index contributed by atoms with van der Waals surface area (Å²) in [6.07, 6.45) is 9.94. The molecule has 0 aromatic carbocycles. The number of alkyl halides is 1. The fourth-order valence-corrected chi connectivity index (χ4v) is 5.29. The summed E-state index contributed by atoms with van der Waals surface area (Å²) in [4.78, 5) is 11.5. The van der Waals surface area contributed by atoms with E-state index in [2.05, 4.69) is 36.7 Å². The van der Waals surface area contributed by atoms with E-state index in [1.165, 1.54) is 7.11 Å². The molecular formula is C23H39BrO5. The topological polar surface area (TPSA) is 76.0 Å². The van der Waals surface area contributed by atoms with Gasteiger partial charge in [-0.2, -0.15) is 0 Å². The van der Waals surface area contributed by atoms with Gasteiger partial charge in [0.05, 0.1) is 31.5 Å². The van der Waals surface area contributed by atoms with Gasteiger partial charge < -0.3 is 19.7 Å². The van der Waals surface area contributed by atoms with Crippen LogP contribution in [0.15, 0.2) is 12.2 Å². The van der Waals surface area contributed by atoms with E-state index in [9.17, 15) is 15.0 Å². The summed E-state index contributed by atoms with van der Waals surface area (Å²) in [5, 5.41) is 21.2. The molecule has 0 radical (unpaired) electrons. The van der Waals surface area contributed by atoms with Crippen molar-refractivity contribution >= 4 is 21.9 Å². The Morgan fingerprint density at radius 2 is 2.07 bits per heavy atom. The second kappa shape index (κ2) is 11.3. The first-order chi connectivity index (χ1) is 13.7. The van der Waals surface area contributed by atoms with Crippen LogP contribution >= 0.6 is 15.9 Å². The highest BCUT2D eigenvalue weighted by atomic mass is 79.9. The van der Waals surface area contributed by atoms with Gasteiger partial charge in [0.2, 0.25) is 0 Å². The van der Waals surface area contributed by atoms with Crippen LogP contribution in [0.25, 0.3) is 0 Å². The smallest absolute Gasteiger partial charge is 0.305 e. The maximum absolute atomic E-state index is 11.3. The van der Waals surface area contributed by atoms with E-state index >= 15 is 0 Å². The molecule has 5 nitrogen and oxygen atoms in total. The largest absolute Gasteiger partial charge is 0.469 e. The van der Waals surface area contributed by atoms with Crippen molar-refractivity contribution in [1.82, 2.24) is 0 Å². The Bertz CT molecular complexity index is 549. The molecule has 2 aliphatic rings. The molecule has 1 aliphatic heterocycles. The Morgan fingerprint density at radius 1 is 1.34 bits per heavy atom. The minimum absolute atomic E-state index is 0.0244. The second-order valence-corrected chi connectivity index (χ2v) is 10.6.